The van der Waals surface area contributed by atoms with Crippen molar-refractivity contribution in [2.45, 2.75) is 0 Å². The van der Waals surface area contributed by atoms with Crippen LogP contribution in [0.4, 0.5) is 5.69 Å². The van der Waals surface area contributed by atoms with Gasteiger partial charge >= 0.3 is 0 Å². The molecule has 2 aromatic rings. The van der Waals surface area contributed by atoms with Gasteiger partial charge in [-0.05, 0) is 29.6 Å². The SMILES string of the molecule is COc1ccc(C(N)=O)cc1NC(=O)c1cccs1. The molecule has 6 heteroatoms. The Morgan fingerprint density at radius 3 is 2.68 bits per heavy atom. The van der Waals surface area contributed by atoms with Gasteiger partial charge in [0.15, 0.2) is 0 Å². The maximum absolute atomic E-state index is 12.0. The number of anilines is 1. The van der Waals surface area contributed by atoms with E-state index < -0.39 is 5.91 Å². The average Bonchev–Trinajstić information content (AvgIpc) is 2.92. The lowest BCUT2D eigenvalue weighted by molar-refractivity contribution is 0.0996. The van der Waals surface area contributed by atoms with Crippen LogP contribution < -0.4 is 15.8 Å². The molecular weight excluding hydrogens is 264 g/mol. The zero-order chi connectivity index (χ0) is 13.8. The van der Waals surface area contributed by atoms with Gasteiger partial charge in [0.05, 0.1) is 17.7 Å². The molecule has 1 aromatic carbocycles. The van der Waals surface area contributed by atoms with Gasteiger partial charge < -0.3 is 15.8 Å². The van der Waals surface area contributed by atoms with Gasteiger partial charge in [0.25, 0.3) is 5.91 Å². The second-order valence-corrected chi connectivity index (χ2v) is 4.66. The number of carbonyl (C=O) groups excluding carboxylic acids is 2. The number of ether oxygens (including phenoxy) is 1. The molecule has 0 saturated heterocycles. The summed E-state index contributed by atoms with van der Waals surface area (Å²) in [5, 5.41) is 4.51. The Kier molecular flexibility index (Phi) is 3.82. The van der Waals surface area contributed by atoms with Gasteiger partial charge in [-0.25, -0.2) is 0 Å². The highest BCUT2D eigenvalue weighted by Gasteiger charge is 2.12. The highest BCUT2D eigenvalue weighted by Crippen LogP contribution is 2.26. The van der Waals surface area contributed by atoms with E-state index in [1.165, 1.54) is 24.5 Å². The first-order valence-corrected chi connectivity index (χ1v) is 6.32. The number of thiophene rings is 1. The smallest absolute Gasteiger partial charge is 0.265 e. The van der Waals surface area contributed by atoms with Crippen LogP contribution in [0.15, 0.2) is 35.7 Å². The maximum Gasteiger partial charge on any atom is 0.265 e. The van der Waals surface area contributed by atoms with E-state index >= 15 is 0 Å². The van der Waals surface area contributed by atoms with Gasteiger partial charge in [0, 0.05) is 5.56 Å². The highest BCUT2D eigenvalue weighted by molar-refractivity contribution is 7.12. The molecule has 1 heterocycles. The minimum absolute atomic E-state index is 0.255. The van der Waals surface area contributed by atoms with Crippen molar-refractivity contribution in [1.29, 1.82) is 0 Å². The van der Waals surface area contributed by atoms with Crippen LogP contribution in [0, 0.1) is 0 Å². The number of methoxy groups -OCH3 is 1. The molecule has 0 aliphatic carbocycles. The number of carbonyl (C=O) groups is 2. The molecule has 98 valence electrons. The molecule has 0 bridgehead atoms. The summed E-state index contributed by atoms with van der Waals surface area (Å²) in [7, 11) is 1.49. The minimum Gasteiger partial charge on any atom is -0.495 e. The first kappa shape index (κ1) is 13.1. The van der Waals surface area contributed by atoms with Crippen molar-refractivity contribution in [3.63, 3.8) is 0 Å². The van der Waals surface area contributed by atoms with Crippen LogP contribution in [0.5, 0.6) is 5.75 Å². The quantitative estimate of drug-likeness (QED) is 0.897. The lowest BCUT2D eigenvalue weighted by atomic mass is 10.1. The number of hydrogen-bond acceptors (Lipinski definition) is 4. The Balaban J connectivity index is 2.30. The molecule has 0 saturated carbocycles. The second kappa shape index (κ2) is 5.53. The van der Waals surface area contributed by atoms with Crippen molar-refractivity contribution in [2.24, 2.45) is 5.73 Å². The van der Waals surface area contributed by atoms with Crippen molar-refractivity contribution in [3.8, 4) is 5.75 Å². The Morgan fingerprint density at radius 2 is 2.11 bits per heavy atom. The van der Waals surface area contributed by atoms with Crippen LogP contribution in [0.1, 0.15) is 20.0 Å². The molecule has 0 aliphatic rings. The third kappa shape index (κ3) is 2.92. The largest absolute Gasteiger partial charge is 0.495 e. The van der Waals surface area contributed by atoms with E-state index in [1.807, 2.05) is 5.38 Å². The number of nitrogens with two attached hydrogens (primary N) is 1. The van der Waals surface area contributed by atoms with Gasteiger partial charge in [-0.1, -0.05) is 6.07 Å². The molecule has 2 amide bonds. The van der Waals surface area contributed by atoms with Gasteiger partial charge in [-0.15, -0.1) is 11.3 Å². The molecule has 2 rings (SSSR count). The number of primary amides is 1. The van der Waals surface area contributed by atoms with Crippen LogP contribution in [0.25, 0.3) is 0 Å². The third-order valence-corrected chi connectivity index (χ3v) is 3.35. The van der Waals surface area contributed by atoms with E-state index in [2.05, 4.69) is 5.32 Å². The van der Waals surface area contributed by atoms with Crippen LogP contribution in [-0.4, -0.2) is 18.9 Å². The number of amides is 2. The average molecular weight is 276 g/mol. The summed E-state index contributed by atoms with van der Waals surface area (Å²) >= 11 is 1.33. The predicted molar refractivity (Wildman–Crippen MR) is 73.8 cm³/mol. The van der Waals surface area contributed by atoms with E-state index in [-0.39, 0.29) is 5.91 Å². The monoisotopic (exact) mass is 276 g/mol. The van der Waals surface area contributed by atoms with Crippen LogP contribution in [-0.2, 0) is 0 Å². The van der Waals surface area contributed by atoms with E-state index in [4.69, 9.17) is 10.5 Å². The molecule has 3 N–H and O–H groups in total. The Labute approximate surface area is 114 Å². The molecule has 5 nitrogen and oxygen atoms in total. The molecule has 0 atom stereocenters. The van der Waals surface area contributed by atoms with Gasteiger partial charge in [-0.2, -0.15) is 0 Å². The summed E-state index contributed by atoms with van der Waals surface area (Å²) in [4.78, 5) is 23.7. The summed E-state index contributed by atoms with van der Waals surface area (Å²) in [6.07, 6.45) is 0. The summed E-state index contributed by atoms with van der Waals surface area (Å²) in [6.45, 7) is 0. The highest BCUT2D eigenvalue weighted by atomic mass is 32.1. The molecule has 1 aromatic heterocycles. The lowest BCUT2D eigenvalue weighted by Gasteiger charge is -2.10. The Bertz CT molecular complexity index is 608. The van der Waals surface area contributed by atoms with Crippen LogP contribution in [0.3, 0.4) is 0 Å². The van der Waals surface area contributed by atoms with Gasteiger partial charge in [0.2, 0.25) is 5.91 Å². The summed E-state index contributed by atoms with van der Waals surface area (Å²) in [5.41, 5.74) is 5.93. The van der Waals surface area contributed by atoms with E-state index in [1.54, 1.807) is 24.3 Å². The summed E-state index contributed by atoms with van der Waals surface area (Å²) in [6, 6.07) is 8.12. The second-order valence-electron chi connectivity index (χ2n) is 3.71. The summed E-state index contributed by atoms with van der Waals surface area (Å²) < 4.78 is 5.13. The van der Waals surface area contributed by atoms with Crippen molar-refractivity contribution in [3.05, 3.63) is 46.2 Å². The maximum atomic E-state index is 12.0. The zero-order valence-corrected chi connectivity index (χ0v) is 11.0. The van der Waals surface area contributed by atoms with Gasteiger partial charge in [-0.3, -0.25) is 9.59 Å². The van der Waals surface area contributed by atoms with E-state index in [0.717, 1.165) is 0 Å². The van der Waals surface area contributed by atoms with E-state index in [9.17, 15) is 9.59 Å². The van der Waals surface area contributed by atoms with Crippen LogP contribution in [0.2, 0.25) is 0 Å². The number of nitrogens with one attached hydrogen (secondary N) is 1. The fourth-order valence-corrected chi connectivity index (χ4v) is 2.17. The molecule has 0 unspecified atom stereocenters. The number of benzene rings is 1. The standard InChI is InChI=1S/C13H12N2O3S/c1-18-10-5-4-8(12(14)16)7-9(10)15-13(17)11-3-2-6-19-11/h2-7H,1H3,(H2,14,16)(H,15,17). The first-order valence-electron chi connectivity index (χ1n) is 5.44. The summed E-state index contributed by atoms with van der Waals surface area (Å²) in [5.74, 6) is -0.348. The normalized spacial score (nSPS) is 9.95. The van der Waals surface area contributed by atoms with Crippen LogP contribution >= 0.6 is 11.3 Å². The van der Waals surface area contributed by atoms with Crippen molar-refractivity contribution >= 4 is 28.8 Å². The van der Waals surface area contributed by atoms with Crippen molar-refractivity contribution in [1.82, 2.24) is 0 Å². The molecular formula is C13H12N2O3S. The molecule has 19 heavy (non-hydrogen) atoms. The number of hydrogen-bond donors (Lipinski definition) is 2. The molecule has 0 radical (unpaired) electrons. The van der Waals surface area contributed by atoms with E-state index in [0.29, 0.717) is 21.9 Å². The van der Waals surface area contributed by atoms with Crippen molar-refractivity contribution in [2.75, 3.05) is 12.4 Å². The molecule has 0 fully saturated rings. The zero-order valence-electron chi connectivity index (χ0n) is 10.2. The predicted octanol–water partition coefficient (Wildman–Crippen LogP) is 2.11. The Morgan fingerprint density at radius 1 is 1.32 bits per heavy atom. The minimum atomic E-state index is -0.561. The number of rotatable bonds is 4. The lowest BCUT2D eigenvalue weighted by Crippen LogP contribution is -2.14. The Hall–Kier alpha value is -2.34. The molecule has 0 aliphatic heterocycles. The fourth-order valence-electron chi connectivity index (χ4n) is 1.55. The third-order valence-electron chi connectivity index (χ3n) is 2.48. The molecule has 0 spiro atoms. The first-order chi connectivity index (χ1) is 9.11. The topological polar surface area (TPSA) is 81.4 Å². The van der Waals surface area contributed by atoms with Crippen molar-refractivity contribution < 1.29 is 14.3 Å². The van der Waals surface area contributed by atoms with Gasteiger partial charge in [0.1, 0.15) is 5.75 Å². The fraction of sp³-hybridized carbons (Fsp3) is 0.0769.